The molecule has 0 aromatic heterocycles. The molecule has 2 aromatic rings. The van der Waals surface area contributed by atoms with Crippen LogP contribution in [0.5, 0.6) is 11.5 Å². The molecule has 3 N–H and O–H groups in total. The van der Waals surface area contributed by atoms with Crippen LogP contribution in [0.3, 0.4) is 0 Å². The highest BCUT2D eigenvalue weighted by molar-refractivity contribution is 6.33. The quantitative estimate of drug-likeness (QED) is 0.506. The van der Waals surface area contributed by atoms with Gasteiger partial charge in [0, 0.05) is 11.6 Å². The Labute approximate surface area is 134 Å². The number of rotatable bonds is 3. The fourth-order valence-corrected chi connectivity index (χ4v) is 2.18. The molecule has 0 fully saturated rings. The SMILES string of the molecule is Nc1cc(C(=O)Nc2cc3c(cc2[N+](=O)[O-])OCO3)ccc1Cl. The average Bonchev–Trinajstić information content (AvgIpc) is 2.96. The summed E-state index contributed by atoms with van der Waals surface area (Å²) in [5, 5.41) is 13.9. The van der Waals surface area contributed by atoms with Gasteiger partial charge >= 0.3 is 0 Å². The predicted octanol–water partition coefficient (Wildman–Crippen LogP) is 2.81. The van der Waals surface area contributed by atoms with Crippen molar-refractivity contribution in [3.8, 4) is 11.5 Å². The molecule has 2 aromatic carbocycles. The van der Waals surface area contributed by atoms with E-state index in [0.717, 1.165) is 0 Å². The maximum Gasteiger partial charge on any atom is 0.296 e. The number of ether oxygens (including phenoxy) is 2. The van der Waals surface area contributed by atoms with Crippen molar-refractivity contribution in [3.63, 3.8) is 0 Å². The van der Waals surface area contributed by atoms with Gasteiger partial charge in [-0.3, -0.25) is 14.9 Å². The van der Waals surface area contributed by atoms with Crippen molar-refractivity contribution in [2.45, 2.75) is 0 Å². The van der Waals surface area contributed by atoms with Crippen molar-refractivity contribution < 1.29 is 19.2 Å². The van der Waals surface area contributed by atoms with E-state index in [1.54, 1.807) is 0 Å². The predicted molar refractivity (Wildman–Crippen MR) is 83.0 cm³/mol. The number of anilines is 2. The van der Waals surface area contributed by atoms with E-state index in [1.165, 1.54) is 30.3 Å². The number of nitro groups is 1. The number of nitrogens with two attached hydrogens (primary N) is 1. The molecule has 23 heavy (non-hydrogen) atoms. The first-order valence-electron chi connectivity index (χ1n) is 6.40. The molecule has 1 aliphatic rings. The van der Waals surface area contributed by atoms with Crippen molar-refractivity contribution in [2.24, 2.45) is 0 Å². The zero-order valence-electron chi connectivity index (χ0n) is 11.5. The van der Waals surface area contributed by atoms with Crippen LogP contribution in [0, 0.1) is 10.1 Å². The Kier molecular flexibility index (Phi) is 3.67. The Morgan fingerprint density at radius 3 is 2.61 bits per heavy atom. The Balaban J connectivity index is 1.94. The van der Waals surface area contributed by atoms with E-state index in [4.69, 9.17) is 26.8 Å². The van der Waals surface area contributed by atoms with Crippen LogP contribution in [-0.2, 0) is 0 Å². The number of hydrogen-bond donors (Lipinski definition) is 2. The van der Waals surface area contributed by atoms with Crippen LogP contribution < -0.4 is 20.5 Å². The fourth-order valence-electron chi connectivity index (χ4n) is 2.06. The lowest BCUT2D eigenvalue weighted by Crippen LogP contribution is -2.13. The summed E-state index contributed by atoms with van der Waals surface area (Å²) in [6.45, 7) is -0.0302. The minimum atomic E-state index is -0.617. The van der Waals surface area contributed by atoms with Gasteiger partial charge in [-0.25, -0.2) is 0 Å². The lowest BCUT2D eigenvalue weighted by Gasteiger charge is -2.08. The van der Waals surface area contributed by atoms with Crippen LogP contribution in [0.1, 0.15) is 10.4 Å². The molecule has 1 amide bonds. The number of nitro benzene ring substituents is 1. The van der Waals surface area contributed by atoms with Crippen LogP contribution in [0.15, 0.2) is 30.3 Å². The number of halogens is 1. The Hall–Kier alpha value is -3.00. The van der Waals surface area contributed by atoms with Gasteiger partial charge in [-0.1, -0.05) is 11.6 Å². The molecular formula is C14H10ClN3O5. The van der Waals surface area contributed by atoms with Crippen LogP contribution in [0.2, 0.25) is 5.02 Å². The standard InChI is InChI=1S/C14H10ClN3O5/c15-8-2-1-7(3-9(8)16)14(19)17-10-4-12-13(23-6-22-12)5-11(10)18(20)21/h1-5H,6,16H2,(H,17,19). The average molecular weight is 336 g/mol. The van der Waals surface area contributed by atoms with E-state index in [2.05, 4.69) is 5.32 Å². The lowest BCUT2D eigenvalue weighted by molar-refractivity contribution is -0.384. The second kappa shape index (κ2) is 5.65. The summed E-state index contributed by atoms with van der Waals surface area (Å²) in [5.41, 5.74) is 5.80. The third-order valence-electron chi connectivity index (χ3n) is 3.19. The second-order valence-corrected chi connectivity index (χ2v) is 5.08. The van der Waals surface area contributed by atoms with Gasteiger partial charge in [0.1, 0.15) is 5.69 Å². The van der Waals surface area contributed by atoms with Crippen molar-refractivity contribution in [1.29, 1.82) is 0 Å². The third kappa shape index (κ3) is 2.84. The topological polar surface area (TPSA) is 117 Å². The smallest absolute Gasteiger partial charge is 0.296 e. The number of nitrogen functional groups attached to an aromatic ring is 1. The number of nitrogens with one attached hydrogen (secondary N) is 1. The molecule has 118 valence electrons. The second-order valence-electron chi connectivity index (χ2n) is 4.67. The molecule has 1 heterocycles. The summed E-state index contributed by atoms with van der Waals surface area (Å²) in [7, 11) is 0. The summed E-state index contributed by atoms with van der Waals surface area (Å²) in [5.74, 6) is 0.0160. The number of amides is 1. The highest BCUT2D eigenvalue weighted by Gasteiger charge is 2.24. The molecule has 9 heteroatoms. The van der Waals surface area contributed by atoms with Crippen molar-refractivity contribution in [2.75, 3.05) is 17.8 Å². The van der Waals surface area contributed by atoms with Gasteiger partial charge in [0.15, 0.2) is 11.5 Å². The highest BCUT2D eigenvalue weighted by atomic mass is 35.5. The molecule has 0 saturated heterocycles. The first-order chi connectivity index (χ1) is 11.0. The van der Waals surface area contributed by atoms with Gasteiger partial charge in [-0.2, -0.15) is 0 Å². The first kappa shape index (κ1) is 14.9. The summed E-state index contributed by atoms with van der Waals surface area (Å²) in [4.78, 5) is 22.8. The number of nitrogens with zero attached hydrogens (tertiary/aromatic N) is 1. The zero-order valence-corrected chi connectivity index (χ0v) is 12.3. The van der Waals surface area contributed by atoms with E-state index in [-0.39, 0.29) is 35.2 Å². The van der Waals surface area contributed by atoms with Crippen molar-refractivity contribution >= 4 is 34.6 Å². The molecule has 3 rings (SSSR count). The van der Waals surface area contributed by atoms with Crippen molar-refractivity contribution in [1.82, 2.24) is 0 Å². The molecule has 8 nitrogen and oxygen atoms in total. The van der Waals surface area contributed by atoms with Crippen LogP contribution in [0.25, 0.3) is 0 Å². The van der Waals surface area contributed by atoms with Gasteiger partial charge in [0.05, 0.1) is 21.7 Å². The van der Waals surface area contributed by atoms with Crippen LogP contribution in [0.4, 0.5) is 17.1 Å². The van der Waals surface area contributed by atoms with E-state index in [1.807, 2.05) is 0 Å². The normalized spacial score (nSPS) is 12.0. The molecule has 0 atom stereocenters. The molecule has 0 spiro atoms. The Morgan fingerprint density at radius 2 is 1.96 bits per heavy atom. The number of carbonyl (C=O) groups excluding carboxylic acids is 1. The monoisotopic (exact) mass is 335 g/mol. The fraction of sp³-hybridized carbons (Fsp3) is 0.0714. The van der Waals surface area contributed by atoms with Gasteiger partial charge in [0.2, 0.25) is 6.79 Å². The molecule has 0 saturated carbocycles. The van der Waals surface area contributed by atoms with E-state index >= 15 is 0 Å². The molecule has 1 aliphatic heterocycles. The number of fused-ring (bicyclic) bond motifs is 1. The molecule has 0 aliphatic carbocycles. The summed E-state index contributed by atoms with van der Waals surface area (Å²) >= 11 is 5.80. The minimum absolute atomic E-state index is 0.00206. The molecule has 0 radical (unpaired) electrons. The Bertz CT molecular complexity index is 824. The highest BCUT2D eigenvalue weighted by Crippen LogP contribution is 2.40. The number of carbonyl (C=O) groups is 1. The summed E-state index contributed by atoms with van der Waals surface area (Å²) in [6, 6.07) is 6.87. The minimum Gasteiger partial charge on any atom is -0.454 e. The first-order valence-corrected chi connectivity index (χ1v) is 6.78. The van der Waals surface area contributed by atoms with Crippen molar-refractivity contribution in [3.05, 3.63) is 51.0 Å². The third-order valence-corrected chi connectivity index (χ3v) is 3.54. The van der Waals surface area contributed by atoms with Gasteiger partial charge in [-0.15, -0.1) is 0 Å². The molecule has 0 unspecified atom stereocenters. The zero-order chi connectivity index (χ0) is 16.6. The Morgan fingerprint density at radius 1 is 1.26 bits per heavy atom. The largest absolute Gasteiger partial charge is 0.454 e. The van der Waals surface area contributed by atoms with Crippen LogP contribution in [-0.4, -0.2) is 17.6 Å². The van der Waals surface area contributed by atoms with Gasteiger partial charge in [-0.05, 0) is 18.2 Å². The van der Waals surface area contributed by atoms with Gasteiger partial charge < -0.3 is 20.5 Å². The molecular weight excluding hydrogens is 326 g/mol. The summed E-state index contributed by atoms with van der Waals surface area (Å²) in [6.07, 6.45) is 0. The number of hydrogen-bond acceptors (Lipinski definition) is 6. The van der Waals surface area contributed by atoms with E-state index < -0.39 is 10.8 Å². The maximum absolute atomic E-state index is 12.2. The molecule has 0 bridgehead atoms. The summed E-state index contributed by atoms with van der Waals surface area (Å²) < 4.78 is 10.3. The van der Waals surface area contributed by atoms with Crippen LogP contribution >= 0.6 is 11.6 Å². The van der Waals surface area contributed by atoms with E-state index in [0.29, 0.717) is 10.8 Å². The number of benzene rings is 2. The van der Waals surface area contributed by atoms with E-state index in [9.17, 15) is 14.9 Å². The maximum atomic E-state index is 12.2. The lowest BCUT2D eigenvalue weighted by atomic mass is 10.1. The van der Waals surface area contributed by atoms with Gasteiger partial charge in [0.25, 0.3) is 11.6 Å².